The second-order valence-corrected chi connectivity index (χ2v) is 13.6. The van der Waals surface area contributed by atoms with E-state index in [1.165, 1.54) is 80.1 Å². The molecule has 10 rings (SSSR count). The summed E-state index contributed by atoms with van der Waals surface area (Å²) in [7, 11) is 0. The molecule has 0 aliphatic rings. The fourth-order valence-electron chi connectivity index (χ4n) is 7.52. The van der Waals surface area contributed by atoms with Crippen LogP contribution < -0.4 is 4.90 Å². The van der Waals surface area contributed by atoms with E-state index in [0.717, 1.165) is 11.4 Å². The number of fused-ring (bicyclic) bond motifs is 8. The first-order valence-corrected chi connectivity index (χ1v) is 17.2. The van der Waals surface area contributed by atoms with E-state index in [2.05, 4.69) is 181 Å². The van der Waals surface area contributed by atoms with Gasteiger partial charge >= 0.3 is 0 Å². The Kier molecular flexibility index (Phi) is 6.12. The van der Waals surface area contributed by atoms with E-state index in [1.807, 2.05) is 11.3 Å². The van der Waals surface area contributed by atoms with Crippen molar-refractivity contribution in [3.63, 3.8) is 0 Å². The first kappa shape index (κ1) is 27.2. The van der Waals surface area contributed by atoms with Gasteiger partial charge in [0.25, 0.3) is 0 Å². The van der Waals surface area contributed by atoms with Crippen LogP contribution in [0.2, 0.25) is 0 Å². The first-order valence-electron chi connectivity index (χ1n) is 16.4. The normalized spacial score (nSPS) is 11.8. The molecule has 0 bridgehead atoms. The highest BCUT2D eigenvalue weighted by Gasteiger charge is 2.19. The molecule has 0 aliphatic heterocycles. The zero-order valence-corrected chi connectivity index (χ0v) is 26.9. The van der Waals surface area contributed by atoms with Crippen LogP contribution in [0.25, 0.3) is 74.4 Å². The van der Waals surface area contributed by atoms with Gasteiger partial charge in [0.1, 0.15) is 0 Å². The summed E-state index contributed by atoms with van der Waals surface area (Å²) in [6.45, 7) is 0. The summed E-state index contributed by atoms with van der Waals surface area (Å²) in [5.74, 6) is 0. The zero-order chi connectivity index (χ0) is 31.6. The number of thiophene rings is 1. The molecule has 2 heteroatoms. The van der Waals surface area contributed by atoms with Gasteiger partial charge in [0.15, 0.2) is 0 Å². The summed E-state index contributed by atoms with van der Waals surface area (Å²) in [6, 6.07) is 64.6. The molecule has 1 nitrogen and oxygen atoms in total. The third-order valence-corrected chi connectivity index (χ3v) is 10.9. The van der Waals surface area contributed by atoms with Gasteiger partial charge in [-0.3, -0.25) is 0 Å². The maximum Gasteiger partial charge on any atom is 0.0540 e. The van der Waals surface area contributed by atoms with Gasteiger partial charge in [-0.2, -0.15) is 0 Å². The van der Waals surface area contributed by atoms with Gasteiger partial charge in [-0.05, 0) is 97.4 Å². The molecule has 0 N–H and O–H groups in total. The summed E-state index contributed by atoms with van der Waals surface area (Å²) in [6.07, 6.45) is 0. The molecular weight excluding hydrogens is 599 g/mol. The Hall–Kier alpha value is -5.96. The quantitative estimate of drug-likeness (QED) is 0.176. The van der Waals surface area contributed by atoms with E-state index in [1.54, 1.807) is 0 Å². The van der Waals surface area contributed by atoms with Crippen LogP contribution in [-0.2, 0) is 0 Å². The number of nitrogens with zero attached hydrogens (tertiary/aromatic N) is 1. The average Bonchev–Trinajstić information content (AvgIpc) is 3.53. The summed E-state index contributed by atoms with van der Waals surface area (Å²) >= 11 is 1.87. The largest absolute Gasteiger partial charge is 0.310 e. The molecule has 0 amide bonds. The van der Waals surface area contributed by atoms with Crippen molar-refractivity contribution >= 4 is 91.7 Å². The zero-order valence-electron chi connectivity index (χ0n) is 26.1. The lowest BCUT2D eigenvalue weighted by Gasteiger charge is -2.27. The number of hydrogen-bond acceptors (Lipinski definition) is 2. The molecule has 1 aromatic heterocycles. The van der Waals surface area contributed by atoms with Crippen molar-refractivity contribution in [2.45, 2.75) is 0 Å². The number of rotatable bonds is 4. The predicted molar refractivity (Wildman–Crippen MR) is 209 cm³/mol. The Morgan fingerprint density at radius 3 is 1.90 bits per heavy atom. The van der Waals surface area contributed by atoms with Crippen LogP contribution in [0.3, 0.4) is 0 Å². The highest BCUT2D eigenvalue weighted by molar-refractivity contribution is 7.26. The summed E-state index contributed by atoms with van der Waals surface area (Å²) in [5.41, 5.74) is 5.98. The molecule has 0 saturated heterocycles. The van der Waals surface area contributed by atoms with Crippen LogP contribution in [0, 0.1) is 0 Å². The van der Waals surface area contributed by atoms with Crippen molar-refractivity contribution in [1.82, 2.24) is 0 Å². The third-order valence-electron chi connectivity index (χ3n) is 9.79. The first-order chi connectivity index (χ1) is 23.8. The van der Waals surface area contributed by atoms with Crippen molar-refractivity contribution in [3.8, 4) is 11.1 Å². The number of hydrogen-bond donors (Lipinski definition) is 0. The third kappa shape index (κ3) is 4.31. The fraction of sp³-hybridized carbons (Fsp3) is 0. The van der Waals surface area contributed by atoms with Crippen LogP contribution in [0.5, 0.6) is 0 Å². The number of benzene rings is 9. The maximum atomic E-state index is 2.43. The molecule has 0 aliphatic carbocycles. The Bertz CT molecular complexity index is 2860. The lowest BCUT2D eigenvalue weighted by molar-refractivity contribution is 1.31. The summed E-state index contributed by atoms with van der Waals surface area (Å²) < 4.78 is 2.60. The van der Waals surface area contributed by atoms with E-state index < -0.39 is 0 Å². The lowest BCUT2D eigenvalue weighted by atomic mass is 9.95. The van der Waals surface area contributed by atoms with E-state index in [4.69, 9.17) is 0 Å². The molecule has 0 radical (unpaired) electrons. The van der Waals surface area contributed by atoms with E-state index in [9.17, 15) is 0 Å². The van der Waals surface area contributed by atoms with Crippen molar-refractivity contribution in [2.75, 3.05) is 4.90 Å². The Labute approximate surface area is 282 Å². The second kappa shape index (κ2) is 10.8. The van der Waals surface area contributed by atoms with Crippen molar-refractivity contribution < 1.29 is 0 Å². The smallest absolute Gasteiger partial charge is 0.0540 e. The molecule has 0 atom stereocenters. The van der Waals surface area contributed by atoms with E-state index in [0.29, 0.717) is 0 Å². The van der Waals surface area contributed by atoms with Gasteiger partial charge in [-0.1, -0.05) is 127 Å². The van der Waals surface area contributed by atoms with Crippen LogP contribution in [0.4, 0.5) is 17.1 Å². The highest BCUT2D eigenvalue weighted by atomic mass is 32.1. The molecule has 0 fully saturated rings. The van der Waals surface area contributed by atoms with Crippen LogP contribution in [0.1, 0.15) is 0 Å². The SMILES string of the molecule is c1ccc2cc(N(c3ccc4sc5cccc(-c6ccc7c(ccc8ccccc87)c6)c5c4c3)c3cccc4ccccc34)ccc2c1. The van der Waals surface area contributed by atoms with E-state index in [-0.39, 0.29) is 0 Å². The Balaban J connectivity index is 1.20. The van der Waals surface area contributed by atoms with Gasteiger partial charge in [0, 0.05) is 36.9 Å². The lowest BCUT2D eigenvalue weighted by Crippen LogP contribution is -2.10. The average molecular weight is 628 g/mol. The summed E-state index contributed by atoms with van der Waals surface area (Å²) in [4.78, 5) is 2.43. The molecule has 1 heterocycles. The van der Waals surface area contributed by atoms with E-state index >= 15 is 0 Å². The van der Waals surface area contributed by atoms with Gasteiger partial charge in [0.2, 0.25) is 0 Å². The fourth-order valence-corrected chi connectivity index (χ4v) is 8.63. The maximum absolute atomic E-state index is 2.43. The van der Waals surface area contributed by atoms with Gasteiger partial charge < -0.3 is 4.90 Å². The molecule has 0 saturated carbocycles. The van der Waals surface area contributed by atoms with Crippen molar-refractivity contribution in [3.05, 3.63) is 176 Å². The molecule has 10 aromatic rings. The Morgan fingerprint density at radius 1 is 0.354 bits per heavy atom. The van der Waals surface area contributed by atoms with Crippen molar-refractivity contribution in [1.29, 1.82) is 0 Å². The summed E-state index contributed by atoms with van der Waals surface area (Å²) in [5, 5.41) is 12.7. The predicted octanol–water partition coefficient (Wildman–Crippen LogP) is 13.8. The standard InChI is InChI=1S/C46H29NS/c1-2-12-33-28-36(23-21-30(33)9-1)47(43-17-7-13-31-10-4-6-15-40(31)43)37-24-26-44-42(29-37)46-41(16-8-18-45(46)48-44)35-22-25-39-34(27-35)20-19-32-11-3-5-14-38(32)39/h1-29H. The van der Waals surface area contributed by atoms with Crippen LogP contribution in [0.15, 0.2) is 176 Å². The van der Waals surface area contributed by atoms with Gasteiger partial charge in [-0.25, -0.2) is 0 Å². The topological polar surface area (TPSA) is 3.24 Å². The molecule has 9 aromatic carbocycles. The van der Waals surface area contributed by atoms with Crippen molar-refractivity contribution in [2.24, 2.45) is 0 Å². The van der Waals surface area contributed by atoms with Crippen LogP contribution in [-0.4, -0.2) is 0 Å². The Morgan fingerprint density at radius 2 is 1.00 bits per heavy atom. The number of anilines is 3. The van der Waals surface area contributed by atoms with Gasteiger partial charge in [-0.15, -0.1) is 11.3 Å². The monoisotopic (exact) mass is 627 g/mol. The minimum Gasteiger partial charge on any atom is -0.310 e. The van der Waals surface area contributed by atoms with Gasteiger partial charge in [0.05, 0.1) is 5.69 Å². The van der Waals surface area contributed by atoms with Crippen LogP contribution >= 0.6 is 11.3 Å². The minimum absolute atomic E-state index is 1.14. The molecule has 48 heavy (non-hydrogen) atoms. The minimum atomic E-state index is 1.14. The molecule has 0 spiro atoms. The molecular formula is C46H29NS. The highest BCUT2D eigenvalue weighted by Crippen LogP contribution is 2.45. The molecule has 224 valence electrons. The second-order valence-electron chi connectivity index (χ2n) is 12.5. The molecule has 0 unspecified atom stereocenters.